The van der Waals surface area contributed by atoms with Crippen LogP contribution in [0.1, 0.15) is 15.9 Å². The largest absolute Gasteiger partial charge is 0.480 e. The number of carboxylic acids is 1. The Morgan fingerprint density at radius 1 is 0.957 bits per heavy atom. The highest BCUT2D eigenvalue weighted by Gasteiger charge is 2.27. The van der Waals surface area contributed by atoms with Gasteiger partial charge in [0.2, 0.25) is 15.5 Å². The van der Waals surface area contributed by atoms with Crippen molar-refractivity contribution in [3.05, 3.63) is 107 Å². The molecule has 0 aliphatic heterocycles. The van der Waals surface area contributed by atoms with Gasteiger partial charge in [0.1, 0.15) is 11.6 Å². The molecule has 1 atom stereocenters. The van der Waals surface area contributed by atoms with Crippen LogP contribution in [-0.2, 0) is 38.2 Å². The fraction of sp³-hybridized carbons (Fsp3) is 0.161. The molecule has 16 heteroatoms. The molecule has 0 saturated carbocycles. The number of carbonyl (C=O) groups excluding carboxylic acids is 1. The number of aromatic nitrogens is 3. The van der Waals surface area contributed by atoms with E-state index in [1.54, 1.807) is 54.3 Å². The van der Waals surface area contributed by atoms with Gasteiger partial charge in [-0.25, -0.2) is 21.8 Å². The number of aryl methyl sites for hydroxylation is 1. The molecule has 2 aromatic heterocycles. The lowest BCUT2D eigenvalue weighted by molar-refractivity contribution is -0.138. The Labute approximate surface area is 269 Å². The highest BCUT2D eigenvalue weighted by atomic mass is 32.2. The quantitative estimate of drug-likeness (QED) is 0.130. The van der Waals surface area contributed by atoms with Crippen LogP contribution >= 0.6 is 0 Å². The van der Waals surface area contributed by atoms with E-state index >= 15 is 0 Å². The maximum absolute atomic E-state index is 13.2. The van der Waals surface area contributed by atoms with Crippen molar-refractivity contribution in [2.24, 2.45) is 7.05 Å². The average Bonchev–Trinajstić information content (AvgIpc) is 3.57. The Balaban J connectivity index is 1.26. The number of hydrogen-bond donors (Lipinski definition) is 5. The highest BCUT2D eigenvalue weighted by molar-refractivity contribution is 7.90. The van der Waals surface area contributed by atoms with Gasteiger partial charge in [0, 0.05) is 50.4 Å². The number of amides is 1. The maximum atomic E-state index is 13.2. The molecule has 244 valence electrons. The standard InChI is InChI=1S/C31H30N6O8S2/c1-37-18-25(28(38)24-12-3-19(15-27(24)37)16-35-31-32-13-14-33-31)29(39)34-17-26(30(40)41)36-47(44,45)23-10-6-21(7-11-23)20-4-8-22(9-5-20)46(2,42)43/h3-15,18,26,36H,16-17H2,1-2H3,(H,34,39)(H,40,41)(H2,32,33,35)/t26-/m0/s1. The molecule has 0 aliphatic carbocycles. The van der Waals surface area contributed by atoms with E-state index < -0.39 is 49.8 Å². The van der Waals surface area contributed by atoms with Gasteiger partial charge in [-0.2, -0.15) is 4.72 Å². The van der Waals surface area contributed by atoms with Gasteiger partial charge in [-0.15, -0.1) is 0 Å². The SMILES string of the molecule is Cn1cc(C(=O)NC[C@H](NS(=O)(=O)c2ccc(-c3ccc(S(C)(=O)=O)cc3)cc2)C(=O)O)c(=O)c2ccc(CNc3ncc[nH]3)cc21. The Bertz CT molecular complexity index is 2230. The van der Waals surface area contributed by atoms with Crippen LogP contribution < -0.4 is 20.8 Å². The summed E-state index contributed by atoms with van der Waals surface area (Å²) >= 11 is 0. The number of hydrogen-bond acceptors (Lipinski definition) is 9. The van der Waals surface area contributed by atoms with Crippen molar-refractivity contribution in [1.29, 1.82) is 0 Å². The fourth-order valence-electron chi connectivity index (χ4n) is 4.79. The second-order valence-electron chi connectivity index (χ2n) is 10.7. The summed E-state index contributed by atoms with van der Waals surface area (Å²) in [7, 11) is -6.07. The monoisotopic (exact) mass is 678 g/mol. The third-order valence-corrected chi connectivity index (χ3v) is 9.92. The number of aliphatic carboxylic acids is 1. The molecule has 0 fully saturated rings. The lowest BCUT2D eigenvalue weighted by atomic mass is 10.1. The topological polar surface area (TPSA) is 209 Å². The highest BCUT2D eigenvalue weighted by Crippen LogP contribution is 2.23. The summed E-state index contributed by atoms with van der Waals surface area (Å²) in [5.74, 6) is -1.83. The minimum Gasteiger partial charge on any atom is -0.480 e. The molecule has 3 aromatic carbocycles. The Hall–Kier alpha value is -5.32. The third-order valence-electron chi connectivity index (χ3n) is 7.30. The number of carbonyl (C=O) groups is 2. The van der Waals surface area contributed by atoms with Gasteiger partial charge in [0.25, 0.3) is 5.91 Å². The molecule has 14 nitrogen and oxygen atoms in total. The number of anilines is 1. The fourth-order valence-corrected chi connectivity index (χ4v) is 6.61. The number of sulfone groups is 1. The smallest absolute Gasteiger partial charge is 0.323 e. The van der Waals surface area contributed by atoms with Crippen LogP contribution in [0.15, 0.2) is 99.9 Å². The molecule has 0 saturated heterocycles. The number of sulfonamides is 1. The van der Waals surface area contributed by atoms with Crippen molar-refractivity contribution >= 4 is 48.6 Å². The number of rotatable bonds is 12. The number of pyridine rings is 1. The second kappa shape index (κ2) is 13.2. The van der Waals surface area contributed by atoms with Crippen LogP contribution in [0.4, 0.5) is 5.95 Å². The summed E-state index contributed by atoms with van der Waals surface area (Å²) in [6, 6.07) is 15.0. The lowest BCUT2D eigenvalue weighted by Crippen LogP contribution is -2.48. The molecule has 2 heterocycles. The average molecular weight is 679 g/mol. The predicted octanol–water partition coefficient (Wildman–Crippen LogP) is 2.11. The van der Waals surface area contributed by atoms with Gasteiger partial charge in [-0.3, -0.25) is 14.4 Å². The van der Waals surface area contributed by atoms with Gasteiger partial charge in [-0.1, -0.05) is 30.3 Å². The number of nitrogens with one attached hydrogen (secondary N) is 4. The van der Waals surface area contributed by atoms with Gasteiger partial charge < -0.3 is 25.3 Å². The third kappa shape index (κ3) is 7.57. The summed E-state index contributed by atoms with van der Waals surface area (Å²) in [6.45, 7) is -0.214. The van der Waals surface area contributed by atoms with Gasteiger partial charge in [0.15, 0.2) is 15.8 Å². The van der Waals surface area contributed by atoms with Gasteiger partial charge >= 0.3 is 5.97 Å². The van der Waals surface area contributed by atoms with E-state index in [9.17, 15) is 36.3 Å². The molecule has 5 aromatic rings. The maximum Gasteiger partial charge on any atom is 0.323 e. The molecular formula is C31H30N6O8S2. The van der Waals surface area contributed by atoms with Crippen molar-refractivity contribution in [1.82, 2.24) is 24.6 Å². The van der Waals surface area contributed by atoms with Crippen LogP contribution in [0.5, 0.6) is 0 Å². The molecule has 5 N–H and O–H groups in total. The molecule has 0 aliphatic rings. The van der Waals surface area contributed by atoms with Crippen LogP contribution in [0.2, 0.25) is 0 Å². The van der Waals surface area contributed by atoms with Crippen LogP contribution in [0.3, 0.4) is 0 Å². The van der Waals surface area contributed by atoms with Crippen LogP contribution in [-0.4, -0.2) is 67.2 Å². The van der Waals surface area contributed by atoms with Crippen LogP contribution in [0.25, 0.3) is 22.0 Å². The van der Waals surface area contributed by atoms with Crippen LogP contribution in [0, 0.1) is 0 Å². The van der Waals surface area contributed by atoms with Crippen molar-refractivity contribution in [3.63, 3.8) is 0 Å². The van der Waals surface area contributed by atoms with Gasteiger partial charge in [0.05, 0.1) is 15.3 Å². The Morgan fingerprint density at radius 2 is 1.60 bits per heavy atom. The summed E-state index contributed by atoms with van der Waals surface area (Å²) < 4.78 is 53.2. The van der Waals surface area contributed by atoms with Gasteiger partial charge in [-0.05, 0) is 53.1 Å². The van der Waals surface area contributed by atoms with Crippen molar-refractivity contribution in [2.45, 2.75) is 22.4 Å². The minimum absolute atomic E-state index is 0.140. The number of benzene rings is 3. The molecule has 0 bridgehead atoms. The van der Waals surface area contributed by atoms with E-state index in [-0.39, 0.29) is 20.7 Å². The number of imidazole rings is 1. The van der Waals surface area contributed by atoms with Crippen molar-refractivity contribution < 1.29 is 31.5 Å². The van der Waals surface area contributed by atoms with E-state index in [1.807, 2.05) is 0 Å². The molecule has 0 unspecified atom stereocenters. The summed E-state index contributed by atoms with van der Waals surface area (Å²) in [4.78, 5) is 45.1. The first kappa shape index (κ1) is 33.1. The lowest BCUT2D eigenvalue weighted by Gasteiger charge is -2.16. The Morgan fingerprint density at radius 3 is 2.17 bits per heavy atom. The zero-order valence-corrected chi connectivity index (χ0v) is 26.7. The van der Waals surface area contributed by atoms with Crippen molar-refractivity contribution in [2.75, 3.05) is 18.1 Å². The molecule has 5 rings (SSSR count). The van der Waals surface area contributed by atoms with E-state index in [1.165, 1.54) is 42.6 Å². The summed E-state index contributed by atoms with van der Waals surface area (Å²) in [5.41, 5.74) is 1.86. The first-order valence-electron chi connectivity index (χ1n) is 14.0. The predicted molar refractivity (Wildman–Crippen MR) is 174 cm³/mol. The van der Waals surface area contributed by atoms with E-state index in [4.69, 9.17) is 0 Å². The summed E-state index contributed by atoms with van der Waals surface area (Å²) in [6.07, 6.45) is 5.72. The van der Waals surface area contributed by atoms with Crippen molar-refractivity contribution in [3.8, 4) is 11.1 Å². The molecule has 0 spiro atoms. The number of carboxylic acid groups (broad SMARTS) is 1. The zero-order valence-electron chi connectivity index (χ0n) is 25.1. The first-order chi connectivity index (χ1) is 22.2. The van der Waals surface area contributed by atoms with E-state index in [2.05, 4.69) is 25.3 Å². The first-order valence-corrected chi connectivity index (χ1v) is 17.4. The zero-order chi connectivity index (χ0) is 33.9. The number of aromatic amines is 1. The molecule has 1 amide bonds. The molecule has 0 radical (unpaired) electrons. The number of nitrogens with zero attached hydrogens (tertiary/aromatic N) is 2. The molecular weight excluding hydrogens is 649 g/mol. The minimum atomic E-state index is -4.35. The van der Waals surface area contributed by atoms with E-state index in [0.717, 1.165) is 11.8 Å². The summed E-state index contributed by atoms with van der Waals surface area (Å²) in [5, 5.41) is 15.5. The normalized spacial score (nSPS) is 12.5. The second-order valence-corrected chi connectivity index (χ2v) is 14.4. The number of fused-ring (bicyclic) bond motifs is 1. The Kier molecular flexibility index (Phi) is 9.28. The number of H-pyrrole nitrogens is 1. The van der Waals surface area contributed by atoms with E-state index in [0.29, 0.717) is 29.1 Å². The molecule has 47 heavy (non-hydrogen) atoms.